The van der Waals surface area contributed by atoms with E-state index in [0.29, 0.717) is 48.0 Å². The molecule has 15 heteroatoms. The standard InChI is InChI=1S/C26H30ClN9O4S/c1-18-15-33(11-12-36(18)41(28,39)40)22-14-24(26(38)30-21-5-3-2-4-6-21)34(16-22)25(37)10-7-19-13-20(27)8-9-23(19)35-17-29-31-32-35/h2-10,13,17-18,22,24H,11-12,14-16H2,1H3,(H,30,38)(H2,28,39,40)/t18-,22-,24-/m0/s1. The normalized spacial score (nSPS) is 22.3. The average molecular weight is 600 g/mol. The van der Waals surface area contributed by atoms with Crippen LogP contribution in [0.25, 0.3) is 11.8 Å². The molecule has 2 amide bonds. The summed E-state index contributed by atoms with van der Waals surface area (Å²) in [5, 5.41) is 20.0. The number of benzene rings is 2. The van der Waals surface area contributed by atoms with Crippen LogP contribution in [-0.4, -0.2) is 98.8 Å². The highest BCUT2D eigenvalue weighted by Crippen LogP contribution is 2.27. The fourth-order valence-electron chi connectivity index (χ4n) is 5.39. The number of carbonyl (C=O) groups is 2. The maximum absolute atomic E-state index is 13.6. The predicted molar refractivity (Wildman–Crippen MR) is 153 cm³/mol. The SMILES string of the molecule is C[C@H]1CN([C@H]2C[C@@H](C(=O)Nc3ccccc3)N(C(=O)C=Cc3cc(Cl)ccc3-n3cnnn3)C2)CCN1S(N)(=O)=O. The zero-order chi connectivity index (χ0) is 29.1. The monoisotopic (exact) mass is 599 g/mol. The predicted octanol–water partition coefficient (Wildman–Crippen LogP) is 1.15. The van der Waals surface area contributed by atoms with Crippen LogP contribution in [-0.2, 0) is 19.8 Å². The molecule has 3 N–H and O–H groups in total. The molecule has 0 radical (unpaired) electrons. The summed E-state index contributed by atoms with van der Waals surface area (Å²) in [7, 11) is -3.82. The first-order chi connectivity index (χ1) is 19.6. The molecule has 216 valence electrons. The first-order valence-corrected chi connectivity index (χ1v) is 14.9. The lowest BCUT2D eigenvalue weighted by Crippen LogP contribution is -2.58. The van der Waals surface area contributed by atoms with Crippen molar-refractivity contribution in [3.63, 3.8) is 0 Å². The number of para-hydroxylation sites is 1. The maximum Gasteiger partial charge on any atom is 0.277 e. The van der Waals surface area contributed by atoms with Gasteiger partial charge in [0, 0.05) is 60.6 Å². The molecule has 3 aromatic rings. The summed E-state index contributed by atoms with van der Waals surface area (Å²) in [5.41, 5.74) is 1.87. The lowest BCUT2D eigenvalue weighted by atomic mass is 10.1. The molecule has 0 unspecified atom stereocenters. The summed E-state index contributed by atoms with van der Waals surface area (Å²) in [6, 6.07) is 13.0. The minimum atomic E-state index is -3.82. The summed E-state index contributed by atoms with van der Waals surface area (Å²) in [4.78, 5) is 30.7. The van der Waals surface area contributed by atoms with Crippen molar-refractivity contribution in [3.8, 4) is 5.69 Å². The molecule has 2 fully saturated rings. The van der Waals surface area contributed by atoms with Crippen LogP contribution in [0.5, 0.6) is 0 Å². The van der Waals surface area contributed by atoms with Gasteiger partial charge in [-0.1, -0.05) is 29.8 Å². The van der Waals surface area contributed by atoms with Gasteiger partial charge in [-0.2, -0.15) is 17.4 Å². The number of nitrogens with one attached hydrogen (secondary N) is 1. The average Bonchev–Trinajstić information content (AvgIpc) is 3.63. The Balaban J connectivity index is 1.38. The summed E-state index contributed by atoms with van der Waals surface area (Å²) < 4.78 is 26.6. The van der Waals surface area contributed by atoms with Crippen LogP contribution in [0.15, 0.2) is 60.9 Å². The van der Waals surface area contributed by atoms with E-state index in [-0.39, 0.29) is 30.4 Å². The number of carbonyl (C=O) groups excluding carboxylic acids is 2. The number of piperazine rings is 1. The minimum Gasteiger partial charge on any atom is -0.325 e. The quantitative estimate of drug-likeness (QED) is 0.383. The van der Waals surface area contributed by atoms with Crippen molar-refractivity contribution < 1.29 is 18.0 Å². The Morgan fingerprint density at radius 2 is 1.90 bits per heavy atom. The van der Waals surface area contributed by atoms with Gasteiger partial charge in [0.2, 0.25) is 11.8 Å². The highest BCUT2D eigenvalue weighted by Gasteiger charge is 2.43. The smallest absolute Gasteiger partial charge is 0.277 e. The number of hydrogen-bond acceptors (Lipinski definition) is 8. The van der Waals surface area contributed by atoms with Gasteiger partial charge in [0.15, 0.2) is 0 Å². The van der Waals surface area contributed by atoms with Crippen molar-refractivity contribution >= 4 is 45.4 Å². The summed E-state index contributed by atoms with van der Waals surface area (Å²) in [6.45, 7) is 3.20. The summed E-state index contributed by atoms with van der Waals surface area (Å²) >= 11 is 6.22. The van der Waals surface area contributed by atoms with E-state index in [1.165, 1.54) is 21.4 Å². The molecule has 2 aliphatic rings. The Kier molecular flexibility index (Phi) is 8.47. The van der Waals surface area contributed by atoms with Crippen molar-refractivity contribution in [2.45, 2.75) is 31.5 Å². The van der Waals surface area contributed by atoms with E-state index in [9.17, 15) is 18.0 Å². The molecule has 0 saturated carbocycles. The third-order valence-corrected chi connectivity index (χ3v) is 8.77. The number of anilines is 1. The Hall–Kier alpha value is -3.69. The summed E-state index contributed by atoms with van der Waals surface area (Å²) in [5.74, 6) is -0.645. The van der Waals surface area contributed by atoms with E-state index in [0.717, 1.165) is 0 Å². The van der Waals surface area contributed by atoms with E-state index < -0.39 is 16.3 Å². The number of rotatable bonds is 7. The van der Waals surface area contributed by atoms with Gasteiger partial charge < -0.3 is 10.2 Å². The molecule has 2 aromatic carbocycles. The van der Waals surface area contributed by atoms with E-state index >= 15 is 0 Å². The lowest BCUT2D eigenvalue weighted by Gasteiger charge is -2.40. The molecule has 0 spiro atoms. The second kappa shape index (κ2) is 12.0. The third-order valence-electron chi connectivity index (χ3n) is 7.34. The molecular formula is C26H30ClN9O4S. The van der Waals surface area contributed by atoms with Crippen LogP contribution in [0, 0.1) is 0 Å². The zero-order valence-electron chi connectivity index (χ0n) is 22.2. The van der Waals surface area contributed by atoms with Gasteiger partial charge in [-0.25, -0.2) is 5.14 Å². The van der Waals surface area contributed by atoms with Crippen molar-refractivity contribution in [2.75, 3.05) is 31.5 Å². The number of amides is 2. The molecule has 13 nitrogen and oxygen atoms in total. The second-order valence-corrected chi connectivity index (χ2v) is 12.0. The first-order valence-electron chi connectivity index (χ1n) is 13.0. The molecule has 3 heterocycles. The highest BCUT2D eigenvalue weighted by molar-refractivity contribution is 7.86. The Bertz CT molecular complexity index is 1540. The zero-order valence-corrected chi connectivity index (χ0v) is 23.8. The first kappa shape index (κ1) is 28.8. The van der Waals surface area contributed by atoms with Gasteiger partial charge >= 0.3 is 0 Å². The van der Waals surface area contributed by atoms with E-state index in [1.54, 1.807) is 48.2 Å². The molecular weight excluding hydrogens is 570 g/mol. The Morgan fingerprint density at radius 1 is 1.12 bits per heavy atom. The Morgan fingerprint density at radius 3 is 2.59 bits per heavy atom. The third kappa shape index (κ3) is 6.63. The van der Waals surface area contributed by atoms with Gasteiger partial charge in [-0.15, -0.1) is 5.10 Å². The fraction of sp³-hybridized carbons (Fsp3) is 0.346. The van der Waals surface area contributed by atoms with Crippen LogP contribution >= 0.6 is 11.6 Å². The molecule has 41 heavy (non-hydrogen) atoms. The molecule has 1 aromatic heterocycles. The lowest BCUT2D eigenvalue weighted by molar-refractivity contribution is -0.132. The molecule has 0 aliphatic carbocycles. The number of aromatic nitrogens is 4. The van der Waals surface area contributed by atoms with Crippen molar-refractivity contribution in [3.05, 3.63) is 71.5 Å². The van der Waals surface area contributed by atoms with Gasteiger partial charge in [0.25, 0.3) is 10.2 Å². The van der Waals surface area contributed by atoms with Gasteiger partial charge in [-0.05, 0) is 60.2 Å². The number of tetrazole rings is 1. The van der Waals surface area contributed by atoms with Crippen LogP contribution in [0.3, 0.4) is 0 Å². The van der Waals surface area contributed by atoms with E-state index in [1.807, 2.05) is 18.2 Å². The maximum atomic E-state index is 13.6. The number of nitrogens with zero attached hydrogens (tertiary/aromatic N) is 7. The molecule has 3 atom stereocenters. The fourth-order valence-corrected chi connectivity index (χ4v) is 6.48. The van der Waals surface area contributed by atoms with Gasteiger partial charge in [0.1, 0.15) is 12.4 Å². The second-order valence-electron chi connectivity index (χ2n) is 10.0. The minimum absolute atomic E-state index is 0.146. The van der Waals surface area contributed by atoms with Crippen molar-refractivity contribution in [1.82, 2.24) is 34.3 Å². The van der Waals surface area contributed by atoms with E-state index in [4.69, 9.17) is 16.7 Å². The van der Waals surface area contributed by atoms with Gasteiger partial charge in [0.05, 0.1) is 5.69 Å². The topological polar surface area (TPSA) is 160 Å². The van der Waals surface area contributed by atoms with E-state index in [2.05, 4.69) is 25.7 Å². The highest BCUT2D eigenvalue weighted by atomic mass is 35.5. The molecule has 2 aliphatic heterocycles. The van der Waals surface area contributed by atoms with Crippen molar-refractivity contribution in [2.24, 2.45) is 5.14 Å². The largest absolute Gasteiger partial charge is 0.325 e. The number of nitrogens with two attached hydrogens (primary N) is 1. The summed E-state index contributed by atoms with van der Waals surface area (Å²) in [6.07, 6.45) is 4.87. The molecule has 5 rings (SSSR count). The van der Waals surface area contributed by atoms with Gasteiger partial charge in [-0.3, -0.25) is 14.5 Å². The van der Waals surface area contributed by atoms with Crippen LogP contribution in [0.2, 0.25) is 5.02 Å². The van der Waals surface area contributed by atoms with Crippen LogP contribution in [0.4, 0.5) is 5.69 Å². The van der Waals surface area contributed by atoms with Crippen LogP contribution in [0.1, 0.15) is 18.9 Å². The van der Waals surface area contributed by atoms with Crippen molar-refractivity contribution in [1.29, 1.82) is 0 Å². The number of hydrogen-bond donors (Lipinski definition) is 2. The molecule has 0 bridgehead atoms. The Labute approximate surface area is 242 Å². The number of halogens is 1. The number of likely N-dealkylation sites (tertiary alicyclic amines) is 1. The molecule has 2 saturated heterocycles. The van der Waals surface area contributed by atoms with Crippen LogP contribution < -0.4 is 10.5 Å².